The van der Waals surface area contributed by atoms with Gasteiger partial charge in [-0.3, -0.25) is 4.79 Å². The van der Waals surface area contributed by atoms with E-state index in [9.17, 15) is 18.4 Å². The van der Waals surface area contributed by atoms with Gasteiger partial charge in [0.25, 0.3) is 0 Å². The van der Waals surface area contributed by atoms with Crippen LogP contribution in [0.25, 0.3) is 0 Å². The highest BCUT2D eigenvalue weighted by atomic mass is 19.2. The Morgan fingerprint density at radius 3 is 2.40 bits per heavy atom. The van der Waals surface area contributed by atoms with E-state index in [1.54, 1.807) is 0 Å². The number of hydrogen-bond donors (Lipinski definition) is 3. The van der Waals surface area contributed by atoms with Crippen LogP contribution >= 0.6 is 0 Å². The van der Waals surface area contributed by atoms with Crippen molar-refractivity contribution in [1.29, 1.82) is 0 Å². The van der Waals surface area contributed by atoms with Crippen LogP contribution in [0.15, 0.2) is 12.1 Å². The summed E-state index contributed by atoms with van der Waals surface area (Å²) in [7, 11) is 0. The van der Waals surface area contributed by atoms with Crippen molar-refractivity contribution in [3.8, 4) is 0 Å². The molecule has 0 saturated heterocycles. The highest BCUT2D eigenvalue weighted by Gasteiger charge is 2.28. The summed E-state index contributed by atoms with van der Waals surface area (Å²) in [4.78, 5) is 22.9. The molecule has 0 aliphatic rings. The summed E-state index contributed by atoms with van der Waals surface area (Å²) in [5.74, 6) is -4.69. The molecule has 0 bridgehead atoms. The first kappa shape index (κ1) is 16.0. The van der Waals surface area contributed by atoms with Gasteiger partial charge in [-0.05, 0) is 19.4 Å². The molecule has 1 atom stereocenters. The van der Waals surface area contributed by atoms with Crippen LogP contribution in [0.2, 0.25) is 0 Å². The van der Waals surface area contributed by atoms with Crippen LogP contribution in [-0.2, 0) is 4.79 Å². The lowest BCUT2D eigenvalue weighted by atomic mass is 9.96. The SMILES string of the molecule is CCCC(C)(N)C(=O)Nc1cc(F)c(F)cc1C(=O)O. The zero-order valence-electron chi connectivity index (χ0n) is 11.2. The summed E-state index contributed by atoms with van der Waals surface area (Å²) >= 11 is 0. The van der Waals surface area contributed by atoms with Gasteiger partial charge in [0.15, 0.2) is 11.6 Å². The first-order valence-electron chi connectivity index (χ1n) is 6.01. The zero-order valence-corrected chi connectivity index (χ0v) is 11.2. The van der Waals surface area contributed by atoms with Crippen molar-refractivity contribution >= 4 is 17.6 Å². The van der Waals surface area contributed by atoms with E-state index in [2.05, 4.69) is 5.32 Å². The largest absolute Gasteiger partial charge is 0.478 e. The fourth-order valence-corrected chi connectivity index (χ4v) is 1.73. The molecule has 1 aromatic rings. The fourth-order valence-electron chi connectivity index (χ4n) is 1.73. The molecule has 1 aromatic carbocycles. The quantitative estimate of drug-likeness (QED) is 0.773. The van der Waals surface area contributed by atoms with Crippen LogP contribution in [-0.4, -0.2) is 22.5 Å². The highest BCUT2D eigenvalue weighted by molar-refractivity contribution is 6.03. The van der Waals surface area contributed by atoms with E-state index in [0.717, 1.165) is 0 Å². The maximum Gasteiger partial charge on any atom is 0.337 e. The molecule has 0 fully saturated rings. The number of carboxylic acid groups (broad SMARTS) is 1. The van der Waals surface area contributed by atoms with Crippen LogP contribution in [0, 0.1) is 11.6 Å². The standard InChI is InChI=1S/C13H16F2N2O3/c1-3-4-13(2,16)12(20)17-10-6-9(15)8(14)5-7(10)11(18)19/h5-6H,3-4,16H2,1-2H3,(H,17,20)(H,18,19). The summed E-state index contributed by atoms with van der Waals surface area (Å²) in [6.45, 7) is 3.31. The van der Waals surface area contributed by atoms with Crippen LogP contribution in [0.3, 0.4) is 0 Å². The minimum absolute atomic E-state index is 0.325. The molecule has 0 aromatic heterocycles. The molecule has 20 heavy (non-hydrogen) atoms. The van der Waals surface area contributed by atoms with Gasteiger partial charge in [-0.1, -0.05) is 13.3 Å². The summed E-state index contributed by atoms with van der Waals surface area (Å²) < 4.78 is 26.2. The topological polar surface area (TPSA) is 92.4 Å². The molecular weight excluding hydrogens is 270 g/mol. The monoisotopic (exact) mass is 286 g/mol. The van der Waals surface area contributed by atoms with Crippen molar-refractivity contribution in [3.63, 3.8) is 0 Å². The van der Waals surface area contributed by atoms with E-state index in [1.807, 2.05) is 6.92 Å². The Balaban J connectivity index is 3.12. The van der Waals surface area contributed by atoms with Crippen molar-refractivity contribution in [2.24, 2.45) is 5.73 Å². The minimum Gasteiger partial charge on any atom is -0.478 e. The molecule has 0 spiro atoms. The van der Waals surface area contributed by atoms with Gasteiger partial charge in [-0.2, -0.15) is 0 Å². The lowest BCUT2D eigenvalue weighted by molar-refractivity contribution is -0.120. The number of anilines is 1. The number of nitrogens with one attached hydrogen (secondary N) is 1. The molecule has 110 valence electrons. The number of carboxylic acids is 1. The Kier molecular flexibility index (Phi) is 4.78. The third kappa shape index (κ3) is 3.51. The molecule has 0 aliphatic heterocycles. The molecule has 0 aliphatic carbocycles. The molecule has 1 unspecified atom stereocenters. The van der Waals surface area contributed by atoms with Crippen molar-refractivity contribution in [2.45, 2.75) is 32.2 Å². The van der Waals surface area contributed by atoms with E-state index in [0.29, 0.717) is 25.0 Å². The van der Waals surface area contributed by atoms with E-state index in [-0.39, 0.29) is 5.69 Å². The van der Waals surface area contributed by atoms with Gasteiger partial charge in [0.2, 0.25) is 5.91 Å². The van der Waals surface area contributed by atoms with Crippen molar-refractivity contribution in [1.82, 2.24) is 0 Å². The number of halogens is 2. The maximum absolute atomic E-state index is 13.2. The fraction of sp³-hybridized carbons (Fsp3) is 0.385. The van der Waals surface area contributed by atoms with Gasteiger partial charge in [-0.15, -0.1) is 0 Å². The second-order valence-corrected chi connectivity index (χ2v) is 4.74. The predicted molar refractivity (Wildman–Crippen MR) is 69.4 cm³/mol. The van der Waals surface area contributed by atoms with Gasteiger partial charge in [0.1, 0.15) is 0 Å². The molecule has 4 N–H and O–H groups in total. The first-order valence-corrected chi connectivity index (χ1v) is 6.01. The number of aromatic carboxylic acids is 1. The van der Waals surface area contributed by atoms with Gasteiger partial charge in [0.05, 0.1) is 16.8 Å². The normalized spacial score (nSPS) is 13.7. The van der Waals surface area contributed by atoms with Gasteiger partial charge in [-0.25, -0.2) is 13.6 Å². The van der Waals surface area contributed by atoms with Crippen LogP contribution in [0.1, 0.15) is 37.0 Å². The Labute approximate surface area is 114 Å². The second kappa shape index (κ2) is 5.96. The molecule has 0 radical (unpaired) electrons. The number of amides is 1. The molecule has 0 saturated carbocycles. The number of carbonyl (C=O) groups excluding carboxylic acids is 1. The minimum atomic E-state index is -1.48. The summed E-state index contributed by atoms with van der Waals surface area (Å²) in [6.07, 6.45) is 1.01. The summed E-state index contributed by atoms with van der Waals surface area (Å²) in [5.41, 5.74) is 3.70. The van der Waals surface area contributed by atoms with Crippen LogP contribution < -0.4 is 11.1 Å². The average molecular weight is 286 g/mol. The lowest BCUT2D eigenvalue weighted by Gasteiger charge is -2.23. The second-order valence-electron chi connectivity index (χ2n) is 4.74. The van der Waals surface area contributed by atoms with E-state index in [1.165, 1.54) is 6.92 Å². The van der Waals surface area contributed by atoms with Crippen LogP contribution in [0.4, 0.5) is 14.5 Å². The number of hydrogen-bond acceptors (Lipinski definition) is 3. The van der Waals surface area contributed by atoms with E-state index >= 15 is 0 Å². The Hall–Kier alpha value is -2.02. The van der Waals surface area contributed by atoms with Crippen molar-refractivity contribution < 1.29 is 23.5 Å². The first-order chi connectivity index (χ1) is 9.19. The molecular formula is C13H16F2N2O3. The van der Waals surface area contributed by atoms with E-state index in [4.69, 9.17) is 10.8 Å². The molecule has 0 heterocycles. The zero-order chi connectivity index (χ0) is 15.5. The number of nitrogens with two attached hydrogens (primary N) is 1. The number of benzene rings is 1. The Bertz CT molecular complexity index is 545. The lowest BCUT2D eigenvalue weighted by Crippen LogP contribution is -2.48. The van der Waals surface area contributed by atoms with Crippen LogP contribution in [0.5, 0.6) is 0 Å². The molecule has 5 nitrogen and oxygen atoms in total. The molecule has 1 amide bonds. The van der Waals surface area contributed by atoms with Gasteiger partial charge < -0.3 is 16.2 Å². The predicted octanol–water partition coefficient (Wildman–Crippen LogP) is 2.12. The number of carbonyl (C=O) groups is 2. The maximum atomic E-state index is 13.2. The third-order valence-electron chi connectivity index (χ3n) is 2.83. The average Bonchev–Trinajstić information content (AvgIpc) is 2.32. The van der Waals surface area contributed by atoms with E-state index < -0.39 is 34.6 Å². The van der Waals surface area contributed by atoms with Crippen molar-refractivity contribution in [2.75, 3.05) is 5.32 Å². The number of rotatable bonds is 5. The summed E-state index contributed by atoms with van der Waals surface area (Å²) in [5, 5.41) is 11.2. The highest BCUT2D eigenvalue weighted by Crippen LogP contribution is 2.22. The van der Waals surface area contributed by atoms with Gasteiger partial charge >= 0.3 is 5.97 Å². The van der Waals surface area contributed by atoms with Crippen molar-refractivity contribution in [3.05, 3.63) is 29.3 Å². The Morgan fingerprint density at radius 2 is 1.90 bits per heavy atom. The smallest absolute Gasteiger partial charge is 0.337 e. The Morgan fingerprint density at radius 1 is 1.35 bits per heavy atom. The molecule has 7 heteroatoms. The van der Waals surface area contributed by atoms with Gasteiger partial charge in [0, 0.05) is 6.07 Å². The summed E-state index contributed by atoms with van der Waals surface area (Å²) in [6, 6.07) is 1.14. The molecule has 1 rings (SSSR count). The third-order valence-corrected chi connectivity index (χ3v) is 2.83.